The molecule has 0 saturated carbocycles. The van der Waals surface area contributed by atoms with Crippen molar-refractivity contribution in [1.82, 2.24) is 10.6 Å². The van der Waals surface area contributed by atoms with Crippen molar-refractivity contribution in [3.63, 3.8) is 0 Å². The van der Waals surface area contributed by atoms with E-state index in [2.05, 4.69) is 10.6 Å². The number of carbonyl (C=O) groups is 2. The molecule has 2 amide bonds. The molecule has 37 nitrogen and oxygen atoms in total. The Labute approximate surface area is 470 Å². The number of nitrogens with one attached hydrogen (secondary N) is 2. The van der Waals surface area contributed by atoms with Gasteiger partial charge < -0.3 is 174 Å². The molecule has 7 rings (SSSR count). The van der Waals surface area contributed by atoms with Crippen molar-refractivity contribution in [3.8, 4) is 0 Å². The van der Waals surface area contributed by atoms with Crippen molar-refractivity contribution in [1.29, 1.82) is 0 Å². The van der Waals surface area contributed by atoms with Gasteiger partial charge in [-0.2, -0.15) is 0 Å². The standard InChI is InChI=1S/C46H78N2O35/c1-10-21(57)27(63)31(67)43(71-10)83-39-38(82-41-19(47-11(2)55)25(61)22(58)13(4-49)73-41)24(60)15(6-51)75-46(39)80-34-17(8-53)76-42(20(26(34)62)48-12(3)56)81-37-23(59)14(5-50)74-45(33(37)69)79-36-18(9-54)77-44(32(68)29(36)65)78-35-16(7-52)72-40(70)30(66)28(35)64/h10,13-46,49-54,57-70H,4-9H2,1-3H3,(H,47,55)(H,48,56)/t10-,13+,14+,15+,16+,17+,18+,19+,20+,21+,22-,23-,24-,25+,26+,27+,28+,29+,30+,31-,32+,33+,34+,35+,36-,37-,38-,39+,40+,41+,42-,43-,44-,45-,46-/m0/s1. The summed E-state index contributed by atoms with van der Waals surface area (Å²) in [7, 11) is 0. The van der Waals surface area contributed by atoms with Crippen molar-refractivity contribution in [2.45, 2.75) is 236 Å². The Kier molecular flexibility index (Phi) is 24.0. The summed E-state index contributed by atoms with van der Waals surface area (Å²) in [5.74, 6) is -1.72. The molecule has 482 valence electrons. The molecule has 83 heavy (non-hydrogen) atoms. The molecule has 0 radical (unpaired) electrons. The van der Waals surface area contributed by atoms with Gasteiger partial charge in [-0.25, -0.2) is 0 Å². The van der Waals surface area contributed by atoms with Gasteiger partial charge >= 0.3 is 0 Å². The number of hydrogen-bond acceptors (Lipinski definition) is 35. The van der Waals surface area contributed by atoms with E-state index in [1.807, 2.05) is 0 Å². The van der Waals surface area contributed by atoms with Crippen molar-refractivity contribution >= 4 is 11.8 Å². The van der Waals surface area contributed by atoms with Crippen LogP contribution < -0.4 is 10.6 Å². The third kappa shape index (κ3) is 14.5. The minimum atomic E-state index is -2.26. The second-order valence-corrected chi connectivity index (χ2v) is 21.0. The largest absolute Gasteiger partial charge is 0.394 e. The van der Waals surface area contributed by atoms with Crippen LogP contribution in [0.3, 0.4) is 0 Å². The molecule has 22 N–H and O–H groups in total. The van der Waals surface area contributed by atoms with Crippen molar-refractivity contribution in [2.75, 3.05) is 39.6 Å². The predicted molar refractivity (Wildman–Crippen MR) is 254 cm³/mol. The third-order valence-electron chi connectivity index (χ3n) is 15.3. The molecule has 35 atom stereocenters. The smallest absolute Gasteiger partial charge is 0.217 e. The maximum atomic E-state index is 12.9. The molecule has 0 aromatic heterocycles. The highest BCUT2D eigenvalue weighted by Gasteiger charge is 2.59. The fourth-order valence-corrected chi connectivity index (χ4v) is 10.7. The summed E-state index contributed by atoms with van der Waals surface area (Å²) in [5.41, 5.74) is 0. The van der Waals surface area contributed by atoms with Gasteiger partial charge in [-0.05, 0) is 6.92 Å². The first-order valence-corrected chi connectivity index (χ1v) is 26.5. The fraction of sp³-hybridized carbons (Fsp3) is 0.957. The van der Waals surface area contributed by atoms with E-state index in [4.69, 9.17) is 61.6 Å². The fourth-order valence-electron chi connectivity index (χ4n) is 10.7. The molecule has 0 spiro atoms. The number of aliphatic hydroxyl groups excluding tert-OH is 20. The predicted octanol–water partition coefficient (Wildman–Crippen LogP) is -15.0. The summed E-state index contributed by atoms with van der Waals surface area (Å²) < 4.78 is 75.4. The maximum absolute atomic E-state index is 12.9. The van der Waals surface area contributed by atoms with Crippen LogP contribution in [0.1, 0.15) is 20.8 Å². The lowest BCUT2D eigenvalue weighted by atomic mass is 9.93. The van der Waals surface area contributed by atoms with Gasteiger partial charge in [-0.3, -0.25) is 9.59 Å². The molecular formula is C46H78N2O35. The lowest BCUT2D eigenvalue weighted by Crippen LogP contribution is -2.71. The average Bonchev–Trinajstić information content (AvgIpc) is 3.55. The summed E-state index contributed by atoms with van der Waals surface area (Å²) in [6, 6.07) is -3.59. The number of rotatable bonds is 20. The zero-order valence-electron chi connectivity index (χ0n) is 44.5. The normalized spacial score (nSPS) is 50.8. The Morgan fingerprint density at radius 3 is 1.19 bits per heavy atom. The monoisotopic (exact) mass is 1220 g/mol. The Hall–Kier alpha value is -2.38. The Morgan fingerprint density at radius 1 is 0.313 bits per heavy atom. The van der Waals surface area contributed by atoms with Crippen LogP contribution in [0.4, 0.5) is 0 Å². The molecule has 7 fully saturated rings. The molecule has 7 aliphatic heterocycles. The van der Waals surface area contributed by atoms with Crippen molar-refractivity contribution in [2.24, 2.45) is 0 Å². The molecule has 7 heterocycles. The van der Waals surface area contributed by atoms with E-state index < -0.39 is 266 Å². The number of amides is 2. The molecule has 7 saturated heterocycles. The Morgan fingerprint density at radius 2 is 0.663 bits per heavy atom. The van der Waals surface area contributed by atoms with Gasteiger partial charge in [0.25, 0.3) is 0 Å². The first kappa shape index (κ1) is 68.1. The first-order valence-electron chi connectivity index (χ1n) is 26.5. The highest BCUT2D eigenvalue weighted by Crippen LogP contribution is 2.39. The molecule has 7 aliphatic rings. The quantitative estimate of drug-likeness (QED) is 0.0538. The number of carbonyl (C=O) groups excluding carboxylic acids is 2. The zero-order chi connectivity index (χ0) is 61.2. The van der Waals surface area contributed by atoms with Crippen LogP contribution in [0.2, 0.25) is 0 Å². The van der Waals surface area contributed by atoms with E-state index in [0.717, 1.165) is 13.8 Å². The van der Waals surface area contributed by atoms with E-state index in [-0.39, 0.29) is 0 Å². The lowest BCUT2D eigenvalue weighted by Gasteiger charge is -2.51. The van der Waals surface area contributed by atoms with E-state index in [1.54, 1.807) is 0 Å². The summed E-state index contributed by atoms with van der Waals surface area (Å²) in [6.45, 7) is -2.87. The van der Waals surface area contributed by atoms with Crippen molar-refractivity contribution < 1.29 is 173 Å². The first-order chi connectivity index (χ1) is 39.2. The van der Waals surface area contributed by atoms with Crippen LogP contribution in [0.5, 0.6) is 0 Å². The molecule has 0 bridgehead atoms. The molecule has 37 heteroatoms. The van der Waals surface area contributed by atoms with Crippen LogP contribution >= 0.6 is 0 Å². The Balaban J connectivity index is 1.15. The van der Waals surface area contributed by atoms with Crippen LogP contribution in [0, 0.1) is 0 Å². The number of ether oxygens (including phenoxy) is 13. The molecule has 0 aromatic rings. The van der Waals surface area contributed by atoms with Gasteiger partial charge in [0.05, 0.1) is 45.7 Å². The van der Waals surface area contributed by atoms with Crippen LogP contribution in [0.25, 0.3) is 0 Å². The Bertz CT molecular complexity index is 2040. The van der Waals surface area contributed by atoms with Gasteiger partial charge in [-0.15, -0.1) is 0 Å². The summed E-state index contributed by atoms with van der Waals surface area (Å²) in [5, 5.41) is 221. The van der Waals surface area contributed by atoms with E-state index in [9.17, 15) is 112 Å². The molecule has 0 aliphatic carbocycles. The van der Waals surface area contributed by atoms with E-state index in [0.29, 0.717) is 0 Å². The highest BCUT2D eigenvalue weighted by atomic mass is 16.8. The number of hydrogen-bond donors (Lipinski definition) is 22. The van der Waals surface area contributed by atoms with Gasteiger partial charge in [0.2, 0.25) is 11.8 Å². The highest BCUT2D eigenvalue weighted by molar-refractivity contribution is 5.73. The van der Waals surface area contributed by atoms with E-state index >= 15 is 0 Å². The zero-order valence-corrected chi connectivity index (χ0v) is 44.5. The maximum Gasteiger partial charge on any atom is 0.217 e. The summed E-state index contributed by atoms with van der Waals surface area (Å²) >= 11 is 0. The number of aliphatic hydroxyl groups is 20. The van der Waals surface area contributed by atoms with Crippen LogP contribution in [-0.4, -0.2) is 368 Å². The van der Waals surface area contributed by atoms with Crippen molar-refractivity contribution in [3.05, 3.63) is 0 Å². The SMILES string of the molecule is CC(=O)N[C@H]1[C@H](O[C@H]2[C@@H](O)[C@@H](CO)O[C@@H](O[C@@H]3[C@H](O)[C@@H](O)[C@H](O[C@H]4[C@H](O)[C@@H](O)[C@H](O)O[C@@H]4CO)O[C@@H]3CO)[C@@H]2O)O[C@H](CO)[C@@H](O[C@@H]2O[C@H](CO)[C@H](O)[C@H](O[C@H]3O[C@H](CO)[C@H](O)[C@H](O)[C@H]3NC(C)=O)[C@H]2O[C@@H]2O[C@@H](C)[C@@H](O)[C@@H](O)[C@@H]2O)[C@@H]1O. The lowest BCUT2D eigenvalue weighted by molar-refractivity contribution is -0.403. The molecule has 0 aromatic carbocycles. The van der Waals surface area contributed by atoms with Gasteiger partial charge in [0.1, 0.15) is 165 Å². The molecular weight excluding hydrogens is 1140 g/mol. The third-order valence-corrected chi connectivity index (χ3v) is 15.3. The van der Waals surface area contributed by atoms with Gasteiger partial charge in [0, 0.05) is 13.8 Å². The summed E-state index contributed by atoms with van der Waals surface area (Å²) in [6.07, 6.45) is -63.9. The second-order valence-electron chi connectivity index (χ2n) is 21.0. The average molecular weight is 1220 g/mol. The van der Waals surface area contributed by atoms with Gasteiger partial charge in [-0.1, -0.05) is 0 Å². The topological polar surface area (TPSA) is 583 Å². The second kappa shape index (κ2) is 29.3. The summed E-state index contributed by atoms with van der Waals surface area (Å²) in [4.78, 5) is 25.2. The molecule has 0 unspecified atom stereocenters. The van der Waals surface area contributed by atoms with E-state index in [1.165, 1.54) is 6.92 Å². The van der Waals surface area contributed by atoms with Crippen LogP contribution in [0.15, 0.2) is 0 Å². The van der Waals surface area contributed by atoms with Crippen LogP contribution in [-0.2, 0) is 71.2 Å². The minimum absolute atomic E-state index is 0.803. The van der Waals surface area contributed by atoms with Gasteiger partial charge in [0.15, 0.2) is 44.0 Å². The minimum Gasteiger partial charge on any atom is -0.394 e.